The molecule has 0 unspecified atom stereocenters. The second kappa shape index (κ2) is 6.56. The molecular formula is C19H30N4O2. The zero-order valence-corrected chi connectivity index (χ0v) is 15.8. The third kappa shape index (κ3) is 3.94. The third-order valence-electron chi connectivity index (χ3n) is 5.65. The number of carbonyl (C=O) groups excluding carboxylic acids is 1. The van der Waals surface area contributed by atoms with Gasteiger partial charge in [-0.2, -0.15) is 0 Å². The molecule has 2 fully saturated rings. The van der Waals surface area contributed by atoms with Crippen LogP contribution in [0, 0.1) is 5.41 Å². The van der Waals surface area contributed by atoms with Gasteiger partial charge in [0.05, 0.1) is 12.7 Å². The molecule has 1 saturated heterocycles. The van der Waals surface area contributed by atoms with Crippen molar-refractivity contribution in [1.29, 1.82) is 0 Å². The van der Waals surface area contributed by atoms with Crippen LogP contribution >= 0.6 is 0 Å². The number of carbonyl (C=O) groups is 1. The number of allylic oxidation sites excluding steroid dienone is 1. The molecule has 138 valence electrons. The Morgan fingerprint density at radius 2 is 1.96 bits per heavy atom. The fourth-order valence-corrected chi connectivity index (χ4v) is 3.59. The maximum atomic E-state index is 12.6. The van der Waals surface area contributed by atoms with Crippen molar-refractivity contribution < 1.29 is 9.90 Å². The second-order valence-corrected chi connectivity index (χ2v) is 8.69. The molecule has 6 nitrogen and oxygen atoms in total. The van der Waals surface area contributed by atoms with Crippen LogP contribution in [0.25, 0.3) is 0 Å². The van der Waals surface area contributed by atoms with Gasteiger partial charge in [-0.25, -0.2) is 4.68 Å². The van der Waals surface area contributed by atoms with Gasteiger partial charge in [0.25, 0.3) is 0 Å². The third-order valence-corrected chi connectivity index (χ3v) is 5.65. The van der Waals surface area contributed by atoms with Crippen LogP contribution in [0.2, 0.25) is 0 Å². The summed E-state index contributed by atoms with van der Waals surface area (Å²) in [5.41, 5.74) is 1.10. The molecule has 0 aromatic carbocycles. The van der Waals surface area contributed by atoms with Crippen LogP contribution in [0.15, 0.2) is 17.8 Å². The van der Waals surface area contributed by atoms with Crippen LogP contribution in [-0.2, 0) is 10.4 Å². The first kappa shape index (κ1) is 18.1. The number of hydrogen-bond acceptors (Lipinski definition) is 4. The monoisotopic (exact) mass is 346 g/mol. The summed E-state index contributed by atoms with van der Waals surface area (Å²) in [5.74, 6) is 0.0156. The highest BCUT2D eigenvalue weighted by molar-refractivity contribution is 5.88. The average Bonchev–Trinajstić information content (AvgIpc) is 3.17. The van der Waals surface area contributed by atoms with Crippen molar-refractivity contribution in [1.82, 2.24) is 19.9 Å². The summed E-state index contributed by atoms with van der Waals surface area (Å²) in [7, 11) is 0. The minimum Gasteiger partial charge on any atom is -0.381 e. The molecule has 1 saturated carbocycles. The van der Waals surface area contributed by atoms with E-state index in [9.17, 15) is 9.90 Å². The molecule has 0 spiro atoms. The van der Waals surface area contributed by atoms with Crippen LogP contribution in [0.3, 0.4) is 0 Å². The number of rotatable bonds is 3. The van der Waals surface area contributed by atoms with Crippen LogP contribution in [0.1, 0.15) is 71.5 Å². The summed E-state index contributed by atoms with van der Waals surface area (Å²) >= 11 is 0. The molecule has 25 heavy (non-hydrogen) atoms. The predicted octanol–water partition coefficient (Wildman–Crippen LogP) is 2.81. The van der Waals surface area contributed by atoms with E-state index in [0.29, 0.717) is 24.1 Å². The van der Waals surface area contributed by atoms with Crippen LogP contribution in [-0.4, -0.2) is 44.0 Å². The average molecular weight is 346 g/mol. The van der Waals surface area contributed by atoms with E-state index >= 15 is 0 Å². The van der Waals surface area contributed by atoms with Gasteiger partial charge in [-0.15, -0.1) is 5.10 Å². The summed E-state index contributed by atoms with van der Waals surface area (Å²) in [4.78, 5) is 14.3. The van der Waals surface area contributed by atoms with Gasteiger partial charge in [0.2, 0.25) is 5.91 Å². The summed E-state index contributed by atoms with van der Waals surface area (Å²) in [5, 5.41) is 19.1. The summed E-state index contributed by atoms with van der Waals surface area (Å²) in [6.45, 7) is 9.46. The Kier molecular flexibility index (Phi) is 4.75. The van der Waals surface area contributed by atoms with Crippen molar-refractivity contribution >= 4 is 5.91 Å². The fraction of sp³-hybridized carbons (Fsp3) is 0.737. The number of aromatic nitrogens is 3. The zero-order chi connectivity index (χ0) is 18.2. The van der Waals surface area contributed by atoms with Crippen molar-refractivity contribution in [2.24, 2.45) is 5.41 Å². The largest absolute Gasteiger partial charge is 0.381 e. The maximum absolute atomic E-state index is 12.6. The van der Waals surface area contributed by atoms with Crippen molar-refractivity contribution in [2.75, 3.05) is 13.1 Å². The minimum absolute atomic E-state index is 0.0156. The molecule has 1 N–H and O–H groups in total. The van der Waals surface area contributed by atoms with Crippen molar-refractivity contribution in [3.8, 4) is 0 Å². The molecule has 2 aliphatic rings. The van der Waals surface area contributed by atoms with E-state index in [2.05, 4.69) is 24.2 Å². The predicted molar refractivity (Wildman–Crippen MR) is 95.8 cm³/mol. The van der Waals surface area contributed by atoms with E-state index < -0.39 is 5.60 Å². The van der Waals surface area contributed by atoms with Gasteiger partial charge in [-0.1, -0.05) is 24.6 Å². The maximum Gasteiger partial charge on any atom is 0.246 e. The molecule has 1 aromatic heterocycles. The lowest BCUT2D eigenvalue weighted by molar-refractivity contribution is -0.126. The Hall–Kier alpha value is -1.69. The van der Waals surface area contributed by atoms with Gasteiger partial charge >= 0.3 is 0 Å². The molecule has 3 rings (SSSR count). The van der Waals surface area contributed by atoms with Gasteiger partial charge in [-0.05, 0) is 44.9 Å². The lowest BCUT2D eigenvalue weighted by atomic mass is 9.75. The Bertz CT molecular complexity index is 665. The highest BCUT2D eigenvalue weighted by Gasteiger charge is 2.41. The molecule has 0 bridgehead atoms. The second-order valence-electron chi connectivity index (χ2n) is 8.69. The van der Waals surface area contributed by atoms with Crippen LogP contribution in [0.4, 0.5) is 0 Å². The first-order valence-corrected chi connectivity index (χ1v) is 9.32. The van der Waals surface area contributed by atoms with Gasteiger partial charge in [0.1, 0.15) is 11.3 Å². The lowest BCUT2D eigenvalue weighted by Crippen LogP contribution is -2.34. The quantitative estimate of drug-likeness (QED) is 0.854. The summed E-state index contributed by atoms with van der Waals surface area (Å²) < 4.78 is 1.74. The first-order chi connectivity index (χ1) is 11.7. The highest BCUT2D eigenvalue weighted by atomic mass is 16.3. The van der Waals surface area contributed by atoms with Crippen molar-refractivity contribution in [2.45, 2.75) is 71.4 Å². The minimum atomic E-state index is -1.09. The Morgan fingerprint density at radius 3 is 2.56 bits per heavy atom. The first-order valence-electron chi connectivity index (χ1n) is 9.32. The number of β-amino-alcohol motifs (C(OH)–C–C–N with tert-alkyl or cyclic N) is 1. The van der Waals surface area contributed by atoms with E-state index in [-0.39, 0.29) is 18.5 Å². The van der Waals surface area contributed by atoms with Crippen LogP contribution < -0.4 is 0 Å². The SMILES string of the molecule is CC(C)n1cc([C@]2(O)CCN(C(=O)C=C3CCC(C)(C)CC3)C2)nn1. The molecule has 0 radical (unpaired) electrons. The molecule has 1 aromatic rings. The standard InChI is InChI=1S/C19H30N4O2/c1-14(2)23-12-16(20-21-23)19(25)9-10-22(13-19)17(24)11-15-5-7-18(3,4)8-6-15/h11-12,14,25H,5-10,13H2,1-4H3/t19-/m0/s1. The molecular weight excluding hydrogens is 316 g/mol. The van der Waals surface area contributed by atoms with E-state index in [1.165, 1.54) is 5.57 Å². The van der Waals surface area contributed by atoms with Gasteiger partial charge < -0.3 is 10.0 Å². The Morgan fingerprint density at radius 1 is 1.28 bits per heavy atom. The van der Waals surface area contributed by atoms with E-state index in [4.69, 9.17) is 0 Å². The van der Waals surface area contributed by atoms with Crippen molar-refractivity contribution in [3.63, 3.8) is 0 Å². The molecule has 1 aliphatic heterocycles. The number of aliphatic hydroxyl groups is 1. The Balaban J connectivity index is 1.64. The fourth-order valence-electron chi connectivity index (χ4n) is 3.59. The lowest BCUT2D eigenvalue weighted by Gasteiger charge is -2.31. The van der Waals surface area contributed by atoms with E-state index in [1.54, 1.807) is 21.9 Å². The topological polar surface area (TPSA) is 71.2 Å². The Labute approximate surface area is 149 Å². The number of amides is 1. The van der Waals surface area contributed by atoms with E-state index in [0.717, 1.165) is 25.7 Å². The molecule has 2 heterocycles. The smallest absolute Gasteiger partial charge is 0.246 e. The number of nitrogens with zero attached hydrogens (tertiary/aromatic N) is 4. The summed E-state index contributed by atoms with van der Waals surface area (Å²) in [6, 6.07) is 0.198. The van der Waals surface area contributed by atoms with Crippen molar-refractivity contribution in [3.05, 3.63) is 23.5 Å². The molecule has 1 amide bonds. The number of hydrogen-bond donors (Lipinski definition) is 1. The van der Waals surface area contributed by atoms with E-state index in [1.807, 2.05) is 13.8 Å². The summed E-state index contributed by atoms with van der Waals surface area (Å²) in [6.07, 6.45) is 8.36. The highest BCUT2D eigenvalue weighted by Crippen LogP contribution is 2.38. The van der Waals surface area contributed by atoms with Gasteiger partial charge in [0, 0.05) is 25.1 Å². The molecule has 1 atom stereocenters. The molecule has 1 aliphatic carbocycles. The zero-order valence-electron chi connectivity index (χ0n) is 15.8. The molecule has 6 heteroatoms. The van der Waals surface area contributed by atoms with Crippen LogP contribution in [0.5, 0.6) is 0 Å². The number of likely N-dealkylation sites (tertiary alicyclic amines) is 1. The normalized spacial score (nSPS) is 26.3. The van der Waals surface area contributed by atoms with Gasteiger partial charge in [-0.3, -0.25) is 4.79 Å². The van der Waals surface area contributed by atoms with Gasteiger partial charge in [0.15, 0.2) is 0 Å².